The molecular weight excluding hydrogens is 254 g/mol. The molecule has 1 aromatic rings. The highest BCUT2D eigenvalue weighted by molar-refractivity contribution is 5.76. The van der Waals surface area contributed by atoms with Gasteiger partial charge in [0.2, 0.25) is 5.91 Å². The summed E-state index contributed by atoms with van der Waals surface area (Å²) in [6.07, 6.45) is 2.38. The molecule has 2 aliphatic heterocycles. The summed E-state index contributed by atoms with van der Waals surface area (Å²) >= 11 is 0. The summed E-state index contributed by atoms with van der Waals surface area (Å²) in [7, 11) is 0. The third-order valence-electron chi connectivity index (χ3n) is 4.43. The summed E-state index contributed by atoms with van der Waals surface area (Å²) in [6, 6.07) is 5.47. The van der Waals surface area contributed by atoms with E-state index in [-0.39, 0.29) is 11.5 Å². The average molecular weight is 275 g/mol. The lowest BCUT2D eigenvalue weighted by Crippen LogP contribution is -2.49. The summed E-state index contributed by atoms with van der Waals surface area (Å²) in [4.78, 5) is 26.1. The lowest BCUT2D eigenvalue weighted by Gasteiger charge is -2.42. The first-order chi connectivity index (χ1) is 9.69. The number of aromatic nitrogens is 1. The second kappa shape index (κ2) is 5.40. The van der Waals surface area contributed by atoms with Crippen molar-refractivity contribution in [1.29, 1.82) is 0 Å². The van der Waals surface area contributed by atoms with E-state index in [2.05, 4.69) is 0 Å². The van der Waals surface area contributed by atoms with Crippen molar-refractivity contribution in [3.63, 3.8) is 0 Å². The smallest absolute Gasteiger partial charge is 0.250 e. The van der Waals surface area contributed by atoms with Gasteiger partial charge in [0.15, 0.2) is 0 Å². The normalized spacial score (nSPS) is 24.4. The fourth-order valence-electron chi connectivity index (χ4n) is 3.51. The number of carbonyl (C=O) groups is 1. The number of likely N-dealkylation sites (tertiary alicyclic amines) is 1. The molecule has 5 heteroatoms. The zero-order valence-electron chi connectivity index (χ0n) is 11.6. The first kappa shape index (κ1) is 13.4. The summed E-state index contributed by atoms with van der Waals surface area (Å²) < 4.78 is 1.89. The molecule has 2 N–H and O–H groups in total. The van der Waals surface area contributed by atoms with Gasteiger partial charge in [-0.2, -0.15) is 0 Å². The Morgan fingerprint density at radius 2 is 2.15 bits per heavy atom. The molecule has 3 rings (SSSR count). The molecule has 0 unspecified atom stereocenters. The van der Waals surface area contributed by atoms with E-state index in [1.807, 2.05) is 21.6 Å². The quantitative estimate of drug-likeness (QED) is 0.875. The largest absolute Gasteiger partial charge is 0.342 e. The third-order valence-corrected chi connectivity index (χ3v) is 4.43. The maximum atomic E-state index is 12.2. The van der Waals surface area contributed by atoms with Crippen molar-refractivity contribution >= 4 is 5.91 Å². The van der Waals surface area contributed by atoms with Crippen LogP contribution in [0.15, 0.2) is 23.0 Å². The molecule has 0 spiro atoms. The van der Waals surface area contributed by atoms with Gasteiger partial charge in [-0.05, 0) is 31.4 Å². The van der Waals surface area contributed by atoms with Crippen molar-refractivity contribution in [1.82, 2.24) is 9.47 Å². The van der Waals surface area contributed by atoms with Crippen molar-refractivity contribution in [2.45, 2.75) is 31.7 Å². The van der Waals surface area contributed by atoms with Crippen LogP contribution in [0.2, 0.25) is 0 Å². The molecule has 2 bridgehead atoms. The Kier molecular flexibility index (Phi) is 3.61. The van der Waals surface area contributed by atoms with Gasteiger partial charge in [0, 0.05) is 43.7 Å². The zero-order chi connectivity index (χ0) is 14.1. The Balaban J connectivity index is 1.80. The molecule has 2 atom stereocenters. The number of hydrogen-bond acceptors (Lipinski definition) is 3. The number of hydrogen-bond donors (Lipinski definition) is 1. The molecular formula is C15H21N3O2. The predicted molar refractivity (Wildman–Crippen MR) is 76.4 cm³/mol. The summed E-state index contributed by atoms with van der Waals surface area (Å²) in [5, 5.41) is 0. The minimum atomic E-state index is 0.0834. The first-order valence-corrected chi connectivity index (χ1v) is 7.36. The number of piperidine rings is 1. The maximum Gasteiger partial charge on any atom is 0.250 e. The highest BCUT2D eigenvalue weighted by Gasteiger charge is 2.35. The molecule has 1 aromatic heterocycles. The van der Waals surface area contributed by atoms with Crippen molar-refractivity contribution in [2.75, 3.05) is 19.6 Å². The minimum Gasteiger partial charge on any atom is -0.342 e. The first-order valence-electron chi connectivity index (χ1n) is 7.36. The Hall–Kier alpha value is -1.62. The third kappa shape index (κ3) is 2.38. The molecule has 3 heterocycles. The molecule has 108 valence electrons. The molecule has 2 aliphatic rings. The van der Waals surface area contributed by atoms with Gasteiger partial charge >= 0.3 is 0 Å². The van der Waals surface area contributed by atoms with Gasteiger partial charge in [-0.25, -0.2) is 0 Å². The molecule has 1 saturated heterocycles. The molecule has 1 fully saturated rings. The highest BCUT2D eigenvalue weighted by Crippen LogP contribution is 2.35. The summed E-state index contributed by atoms with van der Waals surface area (Å²) in [5.41, 5.74) is 6.64. The van der Waals surface area contributed by atoms with Crippen LogP contribution in [0.4, 0.5) is 0 Å². The molecule has 0 saturated carbocycles. The SMILES string of the molecule is NCCCC(=O)N1C[C@@H]2C[C@H](C1)c1cccc(=O)n1C2. The van der Waals surface area contributed by atoms with Crippen LogP contribution in [0.25, 0.3) is 0 Å². The van der Waals surface area contributed by atoms with Gasteiger partial charge in [-0.3, -0.25) is 9.59 Å². The van der Waals surface area contributed by atoms with Gasteiger partial charge in [-0.15, -0.1) is 0 Å². The number of fused-ring (bicyclic) bond motifs is 4. The van der Waals surface area contributed by atoms with Crippen LogP contribution in [0.1, 0.15) is 30.9 Å². The molecule has 5 nitrogen and oxygen atoms in total. The predicted octanol–water partition coefficient (Wildman–Crippen LogP) is 0.533. The van der Waals surface area contributed by atoms with Crippen LogP contribution in [0.3, 0.4) is 0 Å². The van der Waals surface area contributed by atoms with Crippen LogP contribution >= 0.6 is 0 Å². The van der Waals surface area contributed by atoms with E-state index in [4.69, 9.17) is 5.73 Å². The standard InChI is InChI=1S/C15H21N3O2/c16-6-2-5-14(19)17-8-11-7-12(10-17)13-3-1-4-15(20)18(13)9-11/h1,3-4,11-12H,2,5-10,16H2/t11-,12+/m0/s1. The Morgan fingerprint density at radius 1 is 1.30 bits per heavy atom. The van der Waals surface area contributed by atoms with E-state index in [1.54, 1.807) is 6.07 Å². The lowest BCUT2D eigenvalue weighted by atomic mass is 9.83. The topological polar surface area (TPSA) is 68.3 Å². The van der Waals surface area contributed by atoms with Crippen molar-refractivity contribution < 1.29 is 4.79 Å². The van der Waals surface area contributed by atoms with Crippen LogP contribution in [-0.4, -0.2) is 35.0 Å². The van der Waals surface area contributed by atoms with Gasteiger partial charge in [-0.1, -0.05) is 6.07 Å². The van der Waals surface area contributed by atoms with Crippen molar-refractivity contribution in [3.05, 3.63) is 34.2 Å². The maximum absolute atomic E-state index is 12.2. The number of carbonyl (C=O) groups excluding carboxylic acids is 1. The Morgan fingerprint density at radius 3 is 2.95 bits per heavy atom. The second-order valence-corrected chi connectivity index (χ2v) is 5.89. The number of nitrogens with two attached hydrogens (primary N) is 1. The zero-order valence-corrected chi connectivity index (χ0v) is 11.6. The van der Waals surface area contributed by atoms with Gasteiger partial charge < -0.3 is 15.2 Å². The van der Waals surface area contributed by atoms with E-state index >= 15 is 0 Å². The molecule has 0 aliphatic carbocycles. The van der Waals surface area contributed by atoms with Crippen molar-refractivity contribution in [3.8, 4) is 0 Å². The number of amides is 1. The van der Waals surface area contributed by atoms with E-state index in [9.17, 15) is 9.59 Å². The molecule has 0 aromatic carbocycles. The van der Waals surface area contributed by atoms with E-state index in [0.717, 1.165) is 38.2 Å². The second-order valence-electron chi connectivity index (χ2n) is 5.89. The van der Waals surface area contributed by atoms with Gasteiger partial charge in [0.05, 0.1) is 0 Å². The number of pyridine rings is 1. The van der Waals surface area contributed by atoms with E-state index < -0.39 is 0 Å². The van der Waals surface area contributed by atoms with Crippen LogP contribution in [-0.2, 0) is 11.3 Å². The lowest BCUT2D eigenvalue weighted by molar-refractivity contribution is -0.134. The van der Waals surface area contributed by atoms with Crippen LogP contribution < -0.4 is 11.3 Å². The van der Waals surface area contributed by atoms with E-state index in [1.165, 1.54) is 0 Å². The number of rotatable bonds is 3. The highest BCUT2D eigenvalue weighted by atomic mass is 16.2. The van der Waals surface area contributed by atoms with Crippen molar-refractivity contribution in [2.24, 2.45) is 11.7 Å². The summed E-state index contributed by atoms with van der Waals surface area (Å²) in [6.45, 7) is 2.82. The minimum absolute atomic E-state index is 0.0834. The molecule has 1 amide bonds. The van der Waals surface area contributed by atoms with Gasteiger partial charge in [0.25, 0.3) is 5.56 Å². The average Bonchev–Trinajstić information content (AvgIpc) is 2.46. The fraction of sp³-hybridized carbons (Fsp3) is 0.600. The van der Waals surface area contributed by atoms with Crippen LogP contribution in [0, 0.1) is 5.92 Å². The molecule has 0 radical (unpaired) electrons. The monoisotopic (exact) mass is 275 g/mol. The van der Waals surface area contributed by atoms with Gasteiger partial charge in [0.1, 0.15) is 0 Å². The Labute approximate surface area is 118 Å². The molecule has 20 heavy (non-hydrogen) atoms. The number of nitrogens with zero attached hydrogens (tertiary/aromatic N) is 2. The fourth-order valence-corrected chi connectivity index (χ4v) is 3.51. The van der Waals surface area contributed by atoms with Crippen LogP contribution in [0.5, 0.6) is 0 Å². The van der Waals surface area contributed by atoms with E-state index in [0.29, 0.717) is 24.8 Å². The Bertz CT molecular complexity index is 566. The summed E-state index contributed by atoms with van der Waals surface area (Å²) in [5.74, 6) is 0.915.